The second-order valence-electron chi connectivity index (χ2n) is 6.95. The van der Waals surface area contributed by atoms with Crippen LogP contribution in [-0.2, 0) is 4.79 Å². The minimum absolute atomic E-state index is 0.174. The first-order valence-electron chi connectivity index (χ1n) is 6.38. The molecule has 0 heterocycles. The van der Waals surface area contributed by atoms with E-state index in [1.54, 1.807) is 0 Å². The van der Waals surface area contributed by atoms with Crippen LogP contribution in [0.3, 0.4) is 0 Å². The smallest absolute Gasteiger partial charge is 0.146 e. The maximum absolute atomic E-state index is 12.4. The van der Waals surface area contributed by atoms with Crippen molar-refractivity contribution in [3.05, 3.63) is 28.3 Å². The Balaban J connectivity index is 3.23. The number of ketones is 1. The lowest BCUT2D eigenvalue weighted by Gasteiger charge is -2.26. The first-order chi connectivity index (χ1) is 8.09. The molecule has 1 rings (SSSR count). The van der Waals surface area contributed by atoms with Gasteiger partial charge in [-0.1, -0.05) is 53.7 Å². The van der Waals surface area contributed by atoms with E-state index in [1.165, 1.54) is 0 Å². The zero-order valence-corrected chi connectivity index (χ0v) is 12.2. The van der Waals surface area contributed by atoms with Crippen LogP contribution in [0.15, 0.2) is 28.6 Å². The highest BCUT2D eigenvalue weighted by Gasteiger charge is 2.36. The minimum atomic E-state index is -0.395. The van der Waals surface area contributed by atoms with E-state index in [-0.39, 0.29) is 17.1 Å². The fourth-order valence-electron chi connectivity index (χ4n) is 2.21. The summed E-state index contributed by atoms with van der Waals surface area (Å²) in [5.41, 5.74) is 0.576. The Morgan fingerprint density at radius 1 is 1.17 bits per heavy atom. The molecule has 0 fully saturated rings. The number of carbonyl (C=O) groups excluding carboxylic acids is 1. The van der Waals surface area contributed by atoms with Crippen LogP contribution < -0.4 is 0 Å². The molecule has 0 aromatic rings. The first kappa shape index (κ1) is 14.8. The molecule has 0 radical (unpaired) electrons. The molecule has 0 N–H and O–H groups in total. The number of hydrogen-bond donors (Lipinski definition) is 0. The summed E-state index contributed by atoms with van der Waals surface area (Å²) in [4.78, 5) is 23.5. The summed E-state index contributed by atoms with van der Waals surface area (Å²) in [6.45, 7) is 11.6. The Bertz CT molecular complexity index is 417. The second kappa shape index (κ2) is 4.79. The summed E-state index contributed by atoms with van der Waals surface area (Å²) in [5, 5.41) is 3.18. The Hall–Kier alpha value is -1.25. The first-order valence-corrected chi connectivity index (χ1v) is 6.38. The molecule has 0 bridgehead atoms. The third-order valence-corrected chi connectivity index (χ3v) is 3.18. The maximum Gasteiger partial charge on any atom is 0.146 e. The molecule has 18 heavy (non-hydrogen) atoms. The van der Waals surface area contributed by atoms with Crippen LogP contribution in [0.4, 0.5) is 0 Å². The van der Waals surface area contributed by atoms with E-state index in [0.717, 1.165) is 5.57 Å². The number of hydrogen-bond acceptors (Lipinski definition) is 3. The van der Waals surface area contributed by atoms with Crippen LogP contribution in [0.25, 0.3) is 0 Å². The van der Waals surface area contributed by atoms with Crippen LogP contribution in [0.5, 0.6) is 0 Å². The van der Waals surface area contributed by atoms with E-state index >= 15 is 0 Å². The van der Waals surface area contributed by atoms with E-state index in [1.807, 2.05) is 53.7 Å². The van der Waals surface area contributed by atoms with Gasteiger partial charge < -0.3 is 0 Å². The largest absolute Gasteiger partial charge is 0.298 e. The summed E-state index contributed by atoms with van der Waals surface area (Å²) >= 11 is 0. The molecule has 1 atom stereocenters. The van der Waals surface area contributed by atoms with Crippen LogP contribution in [-0.4, -0.2) is 5.78 Å². The fraction of sp³-hybridized carbons (Fsp3) is 0.667. The van der Waals surface area contributed by atoms with Gasteiger partial charge in [0.15, 0.2) is 0 Å². The van der Waals surface area contributed by atoms with Gasteiger partial charge in [-0.05, 0) is 17.2 Å². The van der Waals surface area contributed by atoms with Crippen molar-refractivity contribution in [3.8, 4) is 0 Å². The molecule has 1 unspecified atom stereocenters. The van der Waals surface area contributed by atoms with Gasteiger partial charge in [0, 0.05) is 16.7 Å². The second-order valence-corrected chi connectivity index (χ2v) is 6.95. The monoisotopic (exact) mass is 249 g/mol. The average Bonchev–Trinajstić information content (AvgIpc) is 2.62. The van der Waals surface area contributed by atoms with Crippen molar-refractivity contribution in [3.63, 3.8) is 0 Å². The van der Waals surface area contributed by atoms with Crippen LogP contribution in [0.2, 0.25) is 0 Å². The van der Waals surface area contributed by atoms with E-state index < -0.39 is 5.41 Å². The molecule has 1 aliphatic rings. The fourth-order valence-corrected chi connectivity index (χ4v) is 2.21. The quantitative estimate of drug-likeness (QED) is 0.687. The highest BCUT2D eigenvalue weighted by molar-refractivity contribution is 5.89. The van der Waals surface area contributed by atoms with Crippen molar-refractivity contribution < 1.29 is 4.79 Å². The molecule has 0 amide bonds. The van der Waals surface area contributed by atoms with Crippen molar-refractivity contribution in [1.29, 1.82) is 0 Å². The van der Waals surface area contributed by atoms with Crippen molar-refractivity contribution >= 4 is 5.78 Å². The number of Topliss-reactive ketones (excluding diaryl/α,β-unsaturated/α-hetero) is 1. The van der Waals surface area contributed by atoms with Gasteiger partial charge in [0.05, 0.1) is 5.70 Å². The van der Waals surface area contributed by atoms with Crippen molar-refractivity contribution in [2.75, 3.05) is 0 Å². The number of nitroso groups, excluding NO2 is 1. The third kappa shape index (κ3) is 2.95. The van der Waals surface area contributed by atoms with E-state index in [0.29, 0.717) is 12.1 Å². The van der Waals surface area contributed by atoms with Gasteiger partial charge in [-0.25, -0.2) is 0 Å². The molecule has 0 aliphatic heterocycles. The minimum Gasteiger partial charge on any atom is -0.298 e. The number of allylic oxidation sites excluding steroid dienone is 4. The topological polar surface area (TPSA) is 46.5 Å². The summed E-state index contributed by atoms with van der Waals surface area (Å²) in [6, 6.07) is 0. The lowest BCUT2D eigenvalue weighted by Crippen LogP contribution is -2.29. The summed E-state index contributed by atoms with van der Waals surface area (Å²) in [6.07, 6.45) is 4.53. The number of nitrogens with zero attached hydrogens (tertiary/aromatic N) is 1. The Morgan fingerprint density at radius 2 is 1.72 bits per heavy atom. The van der Waals surface area contributed by atoms with Gasteiger partial charge in [-0.15, -0.1) is 4.91 Å². The lowest BCUT2D eigenvalue weighted by molar-refractivity contribution is -0.128. The van der Waals surface area contributed by atoms with Gasteiger partial charge in [-0.3, -0.25) is 4.79 Å². The summed E-state index contributed by atoms with van der Waals surface area (Å²) < 4.78 is 0. The molecule has 0 aromatic heterocycles. The van der Waals surface area contributed by atoms with E-state index in [2.05, 4.69) is 5.18 Å². The van der Waals surface area contributed by atoms with Gasteiger partial charge in [-0.2, -0.15) is 0 Å². The molecule has 0 saturated carbocycles. The van der Waals surface area contributed by atoms with Gasteiger partial charge in [0.1, 0.15) is 5.78 Å². The third-order valence-electron chi connectivity index (χ3n) is 3.18. The molecule has 3 nitrogen and oxygen atoms in total. The van der Waals surface area contributed by atoms with Gasteiger partial charge >= 0.3 is 0 Å². The standard InChI is InChI=1S/C15H23NO2/c1-14(2,3)12(16-18)10-8-7-9-11(10)13(17)15(4,5)6/h7-8,11H,9H2,1-6H3/b12-10-. The summed E-state index contributed by atoms with van der Waals surface area (Å²) in [7, 11) is 0. The maximum atomic E-state index is 12.4. The SMILES string of the molecule is CC(C)(C)C(=O)C1CC=C/C1=C(/N=O)C(C)(C)C. The van der Waals surface area contributed by atoms with Crippen LogP contribution in [0, 0.1) is 21.7 Å². The molecular weight excluding hydrogens is 226 g/mol. The molecular formula is C15H23NO2. The van der Waals surface area contributed by atoms with E-state index in [9.17, 15) is 9.70 Å². The predicted octanol–water partition coefficient (Wildman–Crippen LogP) is 4.24. The molecule has 0 spiro atoms. The van der Waals surface area contributed by atoms with Gasteiger partial charge in [0.2, 0.25) is 0 Å². The zero-order valence-electron chi connectivity index (χ0n) is 12.2. The lowest BCUT2D eigenvalue weighted by atomic mass is 9.77. The van der Waals surface area contributed by atoms with Crippen molar-refractivity contribution in [2.45, 2.75) is 48.0 Å². The highest BCUT2D eigenvalue weighted by atomic mass is 16.3. The van der Waals surface area contributed by atoms with Crippen molar-refractivity contribution in [2.24, 2.45) is 21.9 Å². The van der Waals surface area contributed by atoms with Gasteiger partial charge in [0.25, 0.3) is 0 Å². The zero-order chi connectivity index (χ0) is 14.1. The Kier molecular flexibility index (Phi) is 3.94. The van der Waals surface area contributed by atoms with Crippen LogP contribution >= 0.6 is 0 Å². The number of rotatable bonds is 2. The molecule has 3 heteroatoms. The average molecular weight is 249 g/mol. The predicted molar refractivity (Wildman–Crippen MR) is 74.0 cm³/mol. The van der Waals surface area contributed by atoms with Crippen molar-refractivity contribution in [1.82, 2.24) is 0 Å². The normalized spacial score (nSPS) is 23.1. The number of carbonyl (C=O) groups is 1. The summed E-state index contributed by atoms with van der Waals surface area (Å²) in [5.74, 6) is -0.0372. The highest BCUT2D eigenvalue weighted by Crippen LogP contribution is 2.39. The molecule has 1 aliphatic carbocycles. The Morgan fingerprint density at radius 3 is 2.11 bits per heavy atom. The Labute approximate surface area is 109 Å². The van der Waals surface area contributed by atoms with E-state index in [4.69, 9.17) is 0 Å². The molecule has 0 aromatic carbocycles. The molecule has 100 valence electrons. The van der Waals surface area contributed by atoms with Crippen LogP contribution in [0.1, 0.15) is 48.0 Å². The molecule has 0 saturated heterocycles.